The van der Waals surface area contributed by atoms with Crippen LogP contribution in [0.3, 0.4) is 0 Å². The number of fused-ring (bicyclic) bond motifs is 1. The van der Waals surface area contributed by atoms with E-state index in [1.54, 1.807) is 6.07 Å². The molecule has 0 aliphatic heterocycles. The molecule has 8 nitrogen and oxygen atoms in total. The van der Waals surface area contributed by atoms with Crippen LogP contribution < -0.4 is 10.2 Å². The van der Waals surface area contributed by atoms with Crippen molar-refractivity contribution in [2.75, 3.05) is 6.61 Å². The van der Waals surface area contributed by atoms with E-state index in [1.165, 1.54) is 18.3 Å². The maximum absolute atomic E-state index is 11.8. The normalized spacial score (nSPS) is 10.8. The third-order valence-electron chi connectivity index (χ3n) is 3.69. The van der Waals surface area contributed by atoms with Crippen LogP contribution in [-0.4, -0.2) is 28.8 Å². The number of hydrogen-bond donors (Lipinski definition) is 2. The van der Waals surface area contributed by atoms with Gasteiger partial charge in [-0.1, -0.05) is 30.3 Å². The lowest BCUT2D eigenvalue weighted by atomic mass is 10.1. The van der Waals surface area contributed by atoms with Gasteiger partial charge >= 0.3 is 5.69 Å². The number of hydrogen-bond acceptors (Lipinski definition) is 6. The van der Waals surface area contributed by atoms with Crippen molar-refractivity contribution in [3.8, 4) is 11.5 Å². The number of phenols is 1. The lowest BCUT2D eigenvalue weighted by Gasteiger charge is -2.06. The number of amides is 1. The Morgan fingerprint density at radius 2 is 1.93 bits per heavy atom. The molecule has 0 aliphatic carbocycles. The monoisotopic (exact) mass is 365 g/mol. The molecule has 2 N–H and O–H groups in total. The molecule has 0 unspecified atom stereocenters. The van der Waals surface area contributed by atoms with Crippen LogP contribution in [0.1, 0.15) is 5.56 Å². The molecule has 0 heterocycles. The quantitative estimate of drug-likeness (QED) is 0.396. The first-order chi connectivity index (χ1) is 13.0. The van der Waals surface area contributed by atoms with Crippen LogP contribution in [-0.2, 0) is 4.79 Å². The third-order valence-corrected chi connectivity index (χ3v) is 3.69. The third kappa shape index (κ3) is 4.57. The lowest BCUT2D eigenvalue weighted by Crippen LogP contribution is -2.24. The van der Waals surface area contributed by atoms with Gasteiger partial charge in [0.2, 0.25) is 0 Å². The van der Waals surface area contributed by atoms with E-state index in [9.17, 15) is 20.0 Å². The maximum atomic E-state index is 11.8. The molecule has 136 valence electrons. The molecule has 0 aliphatic rings. The van der Waals surface area contributed by atoms with Crippen molar-refractivity contribution in [2.24, 2.45) is 5.10 Å². The Balaban J connectivity index is 1.53. The number of aromatic hydroxyl groups is 1. The zero-order valence-corrected chi connectivity index (χ0v) is 14.0. The Hall–Kier alpha value is -3.94. The summed E-state index contributed by atoms with van der Waals surface area (Å²) in [4.78, 5) is 21.7. The fourth-order valence-corrected chi connectivity index (χ4v) is 2.39. The number of nitro benzene ring substituents is 1. The molecule has 3 aromatic carbocycles. The first-order valence-corrected chi connectivity index (χ1v) is 7.94. The number of nitro groups is 1. The second kappa shape index (κ2) is 7.96. The van der Waals surface area contributed by atoms with Gasteiger partial charge in [-0.25, -0.2) is 5.43 Å². The molecule has 0 aromatic heterocycles. The summed E-state index contributed by atoms with van der Waals surface area (Å²) in [6.45, 7) is -0.221. The summed E-state index contributed by atoms with van der Waals surface area (Å²) in [6.07, 6.45) is 1.26. The SMILES string of the molecule is O=C(COc1ccc2ccccc2c1)N/N=C\c1ccc([N+](=O)[O-])c(O)c1. The Morgan fingerprint density at radius 1 is 1.15 bits per heavy atom. The van der Waals surface area contributed by atoms with Crippen molar-refractivity contribution in [2.45, 2.75) is 0 Å². The molecule has 0 atom stereocenters. The predicted octanol–water partition coefficient (Wildman–Crippen LogP) is 2.98. The Morgan fingerprint density at radius 3 is 2.67 bits per heavy atom. The minimum Gasteiger partial charge on any atom is -0.502 e. The number of nitrogens with zero attached hydrogens (tertiary/aromatic N) is 2. The van der Waals surface area contributed by atoms with Crippen LogP contribution in [0.4, 0.5) is 5.69 Å². The second-order valence-electron chi connectivity index (χ2n) is 5.60. The molecule has 3 rings (SSSR count). The second-order valence-corrected chi connectivity index (χ2v) is 5.60. The summed E-state index contributed by atoms with van der Waals surface area (Å²) in [7, 11) is 0. The number of hydrazone groups is 1. The van der Waals surface area contributed by atoms with Gasteiger partial charge in [-0.15, -0.1) is 0 Å². The molecule has 0 saturated heterocycles. The van der Waals surface area contributed by atoms with E-state index in [4.69, 9.17) is 4.74 Å². The van der Waals surface area contributed by atoms with E-state index in [2.05, 4.69) is 10.5 Å². The van der Waals surface area contributed by atoms with Crippen LogP contribution in [0.25, 0.3) is 10.8 Å². The Bertz CT molecular complexity index is 1030. The van der Waals surface area contributed by atoms with Gasteiger partial charge < -0.3 is 9.84 Å². The van der Waals surface area contributed by atoms with E-state index in [0.29, 0.717) is 11.3 Å². The summed E-state index contributed by atoms with van der Waals surface area (Å²) in [5.74, 6) is -0.381. The molecule has 0 spiro atoms. The molecule has 27 heavy (non-hydrogen) atoms. The molecule has 0 saturated carbocycles. The number of benzene rings is 3. The average molecular weight is 365 g/mol. The van der Waals surface area contributed by atoms with Gasteiger partial charge in [-0.3, -0.25) is 14.9 Å². The highest BCUT2D eigenvalue weighted by Gasteiger charge is 2.12. The first kappa shape index (κ1) is 17.9. The van der Waals surface area contributed by atoms with Crippen LogP contribution in [0.5, 0.6) is 11.5 Å². The molecule has 0 radical (unpaired) electrons. The number of phenolic OH excluding ortho intramolecular Hbond substituents is 1. The zero-order chi connectivity index (χ0) is 19.2. The molecule has 0 fully saturated rings. The van der Waals surface area contributed by atoms with Gasteiger partial charge in [0.1, 0.15) is 5.75 Å². The highest BCUT2D eigenvalue weighted by Crippen LogP contribution is 2.25. The van der Waals surface area contributed by atoms with Gasteiger partial charge in [0, 0.05) is 6.07 Å². The van der Waals surface area contributed by atoms with Crippen molar-refractivity contribution in [3.63, 3.8) is 0 Å². The molecule has 8 heteroatoms. The van der Waals surface area contributed by atoms with Crippen molar-refractivity contribution in [1.82, 2.24) is 5.43 Å². The van der Waals surface area contributed by atoms with Crippen LogP contribution in [0.2, 0.25) is 0 Å². The first-order valence-electron chi connectivity index (χ1n) is 7.94. The topological polar surface area (TPSA) is 114 Å². The maximum Gasteiger partial charge on any atom is 0.310 e. The van der Waals surface area contributed by atoms with Crippen molar-refractivity contribution >= 4 is 28.6 Å². The molecule has 1 amide bonds. The zero-order valence-electron chi connectivity index (χ0n) is 14.0. The van der Waals surface area contributed by atoms with Crippen LogP contribution >= 0.6 is 0 Å². The van der Waals surface area contributed by atoms with Gasteiger partial charge in [-0.2, -0.15) is 5.10 Å². The molecular formula is C19H15N3O5. The van der Waals surface area contributed by atoms with E-state index >= 15 is 0 Å². The highest BCUT2D eigenvalue weighted by atomic mass is 16.6. The van der Waals surface area contributed by atoms with E-state index in [0.717, 1.165) is 16.8 Å². The average Bonchev–Trinajstić information content (AvgIpc) is 2.66. The number of ether oxygens (including phenoxy) is 1. The van der Waals surface area contributed by atoms with Gasteiger partial charge in [0.05, 0.1) is 11.1 Å². The Kier molecular flexibility index (Phi) is 5.27. The summed E-state index contributed by atoms with van der Waals surface area (Å²) >= 11 is 0. The van der Waals surface area contributed by atoms with Gasteiger partial charge in [0.25, 0.3) is 5.91 Å². The predicted molar refractivity (Wildman–Crippen MR) is 99.9 cm³/mol. The lowest BCUT2D eigenvalue weighted by molar-refractivity contribution is -0.385. The number of nitrogens with one attached hydrogen (secondary N) is 1. The van der Waals surface area contributed by atoms with Crippen molar-refractivity contribution in [3.05, 3.63) is 76.3 Å². The molecular weight excluding hydrogens is 350 g/mol. The van der Waals surface area contributed by atoms with E-state index < -0.39 is 22.3 Å². The van der Waals surface area contributed by atoms with Crippen LogP contribution in [0.15, 0.2) is 65.8 Å². The summed E-state index contributed by atoms with van der Waals surface area (Å²) in [5.41, 5.74) is 2.28. The van der Waals surface area contributed by atoms with Crippen molar-refractivity contribution in [1.29, 1.82) is 0 Å². The molecule has 0 bridgehead atoms. The summed E-state index contributed by atoms with van der Waals surface area (Å²) < 4.78 is 5.44. The fraction of sp³-hybridized carbons (Fsp3) is 0.0526. The smallest absolute Gasteiger partial charge is 0.310 e. The largest absolute Gasteiger partial charge is 0.502 e. The van der Waals surface area contributed by atoms with Crippen molar-refractivity contribution < 1.29 is 19.6 Å². The summed E-state index contributed by atoms with van der Waals surface area (Å²) in [6, 6.07) is 17.1. The van der Waals surface area contributed by atoms with Crippen LogP contribution in [0, 0.1) is 10.1 Å². The Labute approximate surface area is 153 Å². The van der Waals surface area contributed by atoms with Gasteiger partial charge in [-0.05, 0) is 40.6 Å². The minimum atomic E-state index is -0.692. The molecule has 3 aromatic rings. The van der Waals surface area contributed by atoms with Gasteiger partial charge in [0.15, 0.2) is 12.4 Å². The number of carbonyl (C=O) groups excluding carboxylic acids is 1. The highest BCUT2D eigenvalue weighted by molar-refractivity contribution is 5.85. The number of carbonyl (C=O) groups is 1. The van der Waals surface area contributed by atoms with E-state index in [1.807, 2.05) is 36.4 Å². The fourth-order valence-electron chi connectivity index (χ4n) is 2.39. The standard InChI is InChI=1S/C19H15N3O5/c23-18-9-13(5-8-17(18)22(25)26)11-20-21-19(24)12-27-16-7-6-14-3-1-2-4-15(14)10-16/h1-11,23H,12H2,(H,21,24)/b20-11-. The summed E-state index contributed by atoms with van der Waals surface area (Å²) in [5, 5.41) is 26.0. The minimum absolute atomic E-state index is 0.221. The van der Waals surface area contributed by atoms with E-state index in [-0.39, 0.29) is 6.61 Å². The number of rotatable bonds is 6.